The third kappa shape index (κ3) is 7.09. The molecule has 1 heterocycles. The van der Waals surface area contributed by atoms with Crippen LogP contribution in [0.5, 0.6) is 5.75 Å². The van der Waals surface area contributed by atoms with Gasteiger partial charge in [0.1, 0.15) is 22.8 Å². The molecule has 0 radical (unpaired) electrons. The van der Waals surface area contributed by atoms with E-state index in [0.29, 0.717) is 16.9 Å². The minimum atomic E-state index is -5.25. The monoisotopic (exact) mass is 529 g/mol. The Hall–Kier alpha value is -4.87. The molecule has 0 aliphatic rings. The molecule has 2 amide bonds. The van der Waals surface area contributed by atoms with Gasteiger partial charge in [-0.05, 0) is 24.6 Å². The van der Waals surface area contributed by atoms with Gasteiger partial charge in [-0.15, -0.1) is 0 Å². The number of alkyl halides is 3. The number of anilines is 1. The molecule has 2 aromatic carbocycles. The number of nitrogens with zero attached hydrogens (tertiary/aromatic N) is 2. The summed E-state index contributed by atoms with van der Waals surface area (Å²) in [4.78, 5) is 35.7. The number of rotatable bonds is 7. The number of hydrogen-bond acceptors (Lipinski definition) is 6. The molecule has 0 saturated heterocycles. The molecule has 38 heavy (non-hydrogen) atoms. The zero-order chi connectivity index (χ0) is 28.5. The van der Waals surface area contributed by atoms with Crippen molar-refractivity contribution in [2.75, 3.05) is 12.8 Å². The summed E-state index contributed by atoms with van der Waals surface area (Å²) in [5.74, 6) is -4.27. The summed E-state index contributed by atoms with van der Waals surface area (Å²) in [6.45, 7) is 5.55. The molecule has 5 N–H and O–H groups in total. The number of nitrogens with two attached hydrogens (primary N) is 2. The number of benzene rings is 2. The van der Waals surface area contributed by atoms with Gasteiger partial charge >= 0.3 is 12.1 Å². The van der Waals surface area contributed by atoms with Crippen LogP contribution >= 0.6 is 0 Å². The zero-order valence-electron chi connectivity index (χ0n) is 20.6. The molecule has 1 aromatic heterocycles. The zero-order valence-corrected chi connectivity index (χ0v) is 20.6. The maximum Gasteiger partial charge on any atom is 0.473 e. The van der Waals surface area contributed by atoms with Crippen LogP contribution in [0.25, 0.3) is 11.3 Å². The second kappa shape index (κ2) is 12.9. The highest BCUT2D eigenvalue weighted by molar-refractivity contribution is 6.05. The molecule has 3 rings (SSSR count). The fourth-order valence-corrected chi connectivity index (χ4v) is 3.18. The van der Waals surface area contributed by atoms with Gasteiger partial charge < -0.3 is 21.5 Å². The van der Waals surface area contributed by atoms with Gasteiger partial charge in [0.05, 0.1) is 12.7 Å². The molecular formula is C26H26F3N5O4. The molecule has 0 saturated carbocycles. The van der Waals surface area contributed by atoms with E-state index < -0.39 is 29.4 Å². The minimum Gasteiger partial charge on any atom is -0.496 e. The fraction of sp³-hybridized carbons (Fsp3) is 0.154. The van der Waals surface area contributed by atoms with Gasteiger partial charge in [0, 0.05) is 12.1 Å². The molecular weight excluding hydrogens is 503 g/mol. The van der Waals surface area contributed by atoms with Gasteiger partial charge in [-0.3, -0.25) is 14.4 Å². The number of amides is 2. The van der Waals surface area contributed by atoms with Gasteiger partial charge in [-0.25, -0.2) is 0 Å². The van der Waals surface area contributed by atoms with Crippen LogP contribution in [-0.4, -0.2) is 40.8 Å². The first kappa shape index (κ1) is 29.4. The number of nitrogens with one attached hydrogen (secondary N) is 1. The van der Waals surface area contributed by atoms with Gasteiger partial charge in [-0.2, -0.15) is 23.0 Å². The quantitative estimate of drug-likeness (QED) is 0.393. The highest BCUT2D eigenvalue weighted by atomic mass is 19.4. The van der Waals surface area contributed by atoms with Crippen LogP contribution < -0.4 is 21.5 Å². The number of nitrogen functional groups attached to an aromatic ring is 1. The van der Waals surface area contributed by atoms with Crippen LogP contribution in [0.1, 0.15) is 38.0 Å². The number of primary amides is 1. The van der Waals surface area contributed by atoms with Crippen LogP contribution in [-0.2, 0) is 6.54 Å². The first-order valence-electron chi connectivity index (χ1n) is 11.0. The van der Waals surface area contributed by atoms with E-state index in [4.69, 9.17) is 16.2 Å². The molecule has 0 aliphatic carbocycles. The third-order valence-electron chi connectivity index (χ3n) is 4.96. The smallest absolute Gasteiger partial charge is 0.473 e. The second-order valence-corrected chi connectivity index (χ2v) is 7.53. The van der Waals surface area contributed by atoms with Crippen LogP contribution in [0.2, 0.25) is 0 Å². The minimum absolute atomic E-state index is 0.100. The summed E-state index contributed by atoms with van der Waals surface area (Å²) in [6, 6.07) is 12.7. The van der Waals surface area contributed by atoms with Crippen LogP contribution in [0.4, 0.5) is 19.0 Å². The van der Waals surface area contributed by atoms with E-state index >= 15 is 0 Å². The topological polar surface area (TPSA) is 142 Å². The molecule has 0 spiro atoms. The Morgan fingerprint density at radius 1 is 1.13 bits per heavy atom. The van der Waals surface area contributed by atoms with Crippen molar-refractivity contribution in [3.05, 3.63) is 90.0 Å². The Balaban J connectivity index is 0.000000926. The maximum absolute atomic E-state index is 12.8. The van der Waals surface area contributed by atoms with E-state index in [1.807, 2.05) is 19.1 Å². The van der Waals surface area contributed by atoms with Crippen LogP contribution in [0.3, 0.4) is 0 Å². The van der Waals surface area contributed by atoms with E-state index in [1.165, 1.54) is 19.2 Å². The fourth-order valence-electron chi connectivity index (χ4n) is 3.18. The average molecular weight is 530 g/mol. The Bertz CT molecular complexity index is 1350. The van der Waals surface area contributed by atoms with Crippen molar-refractivity contribution in [2.45, 2.75) is 19.6 Å². The summed E-state index contributed by atoms with van der Waals surface area (Å²) in [5, 5.41) is 6.29. The SMILES string of the molecule is C=C/C=C\C.COc1ccccc1C(=O)NCc1ccc(-c2nn(C(=O)C(F)(F)F)c(N)c2C(N)=O)cc1. The summed E-state index contributed by atoms with van der Waals surface area (Å²) in [6.07, 6.45) is 0.322. The largest absolute Gasteiger partial charge is 0.496 e. The van der Waals surface area contributed by atoms with E-state index in [0.717, 1.165) is 0 Å². The van der Waals surface area contributed by atoms with Crippen LogP contribution in [0, 0.1) is 0 Å². The van der Waals surface area contributed by atoms with Crippen molar-refractivity contribution in [1.29, 1.82) is 0 Å². The standard InChI is InChI=1S/C21H18F3N5O4.C5H8/c1-33-14-5-3-2-4-13(14)19(31)27-10-11-6-8-12(9-7-11)16-15(18(26)30)17(25)29(28-16)20(32)21(22,23)24;1-3-5-4-2/h2-9H,10,25H2,1H3,(H2,26,30)(H,27,31);3-5H,1H2,2H3/b;5-4-. The molecule has 0 bridgehead atoms. The van der Waals surface area contributed by atoms with Crippen molar-refractivity contribution in [3.8, 4) is 17.0 Å². The number of methoxy groups -OCH3 is 1. The van der Waals surface area contributed by atoms with Crippen molar-refractivity contribution in [2.24, 2.45) is 5.73 Å². The number of para-hydroxylation sites is 1. The molecule has 0 atom stereocenters. The molecule has 0 fully saturated rings. The molecule has 0 aliphatic heterocycles. The predicted molar refractivity (Wildman–Crippen MR) is 136 cm³/mol. The van der Waals surface area contributed by atoms with Gasteiger partial charge in [-0.1, -0.05) is 61.2 Å². The Morgan fingerprint density at radius 2 is 1.76 bits per heavy atom. The first-order valence-corrected chi connectivity index (χ1v) is 11.0. The summed E-state index contributed by atoms with van der Waals surface area (Å²) >= 11 is 0. The highest BCUT2D eigenvalue weighted by Gasteiger charge is 2.43. The normalized spacial score (nSPS) is 10.9. The second-order valence-electron chi connectivity index (χ2n) is 7.53. The number of halogens is 3. The van der Waals surface area contributed by atoms with Crippen molar-refractivity contribution >= 4 is 23.5 Å². The summed E-state index contributed by atoms with van der Waals surface area (Å²) in [7, 11) is 1.45. The lowest BCUT2D eigenvalue weighted by Crippen LogP contribution is -2.31. The van der Waals surface area contributed by atoms with E-state index in [-0.39, 0.29) is 28.4 Å². The predicted octanol–water partition coefficient (Wildman–Crippen LogP) is 4.12. The van der Waals surface area contributed by atoms with E-state index in [2.05, 4.69) is 17.0 Å². The van der Waals surface area contributed by atoms with Gasteiger partial charge in [0.25, 0.3) is 11.8 Å². The molecule has 0 unspecified atom stereocenters. The number of hydrogen-bond donors (Lipinski definition) is 3. The van der Waals surface area contributed by atoms with E-state index in [1.54, 1.807) is 42.5 Å². The molecule has 9 nitrogen and oxygen atoms in total. The maximum atomic E-state index is 12.8. The molecule has 3 aromatic rings. The number of carbonyl (C=O) groups is 3. The van der Waals surface area contributed by atoms with Gasteiger partial charge in [0.2, 0.25) is 0 Å². The lowest BCUT2D eigenvalue weighted by molar-refractivity contribution is -0.0953. The Labute approximate surface area is 216 Å². The Morgan fingerprint density at radius 3 is 2.26 bits per heavy atom. The van der Waals surface area contributed by atoms with Gasteiger partial charge in [0.15, 0.2) is 0 Å². The third-order valence-corrected chi connectivity index (χ3v) is 4.96. The number of ether oxygens (including phenoxy) is 1. The average Bonchev–Trinajstić information content (AvgIpc) is 3.24. The first-order chi connectivity index (χ1) is 18.0. The lowest BCUT2D eigenvalue weighted by atomic mass is 10.0. The molecule has 200 valence electrons. The molecule has 12 heteroatoms. The van der Waals surface area contributed by atoms with Crippen molar-refractivity contribution < 1.29 is 32.3 Å². The lowest BCUT2D eigenvalue weighted by Gasteiger charge is -2.09. The highest BCUT2D eigenvalue weighted by Crippen LogP contribution is 2.29. The number of allylic oxidation sites excluding steroid dienone is 3. The van der Waals surface area contributed by atoms with Crippen molar-refractivity contribution in [1.82, 2.24) is 15.1 Å². The number of aromatic nitrogens is 2. The van der Waals surface area contributed by atoms with E-state index in [9.17, 15) is 27.6 Å². The summed E-state index contributed by atoms with van der Waals surface area (Å²) < 4.78 is 43.5. The van der Waals surface area contributed by atoms with Crippen molar-refractivity contribution in [3.63, 3.8) is 0 Å². The van der Waals surface area contributed by atoms with Crippen LogP contribution in [0.15, 0.2) is 73.3 Å². The number of carbonyl (C=O) groups excluding carboxylic acids is 3. The summed E-state index contributed by atoms with van der Waals surface area (Å²) in [5.41, 5.74) is 11.2. The Kier molecular flexibility index (Phi) is 9.97.